The van der Waals surface area contributed by atoms with Crippen molar-refractivity contribution in [3.8, 4) is 17.6 Å². The molecule has 1 aromatic carbocycles. The predicted octanol–water partition coefficient (Wildman–Crippen LogP) is 4.30. The number of alkyl halides is 3. The summed E-state index contributed by atoms with van der Waals surface area (Å²) in [6, 6.07) is 8.62. The van der Waals surface area contributed by atoms with Crippen LogP contribution in [-0.4, -0.2) is 85.8 Å². The number of rotatable bonds is 10. The first kappa shape index (κ1) is 30.4. The lowest BCUT2D eigenvalue weighted by Crippen LogP contribution is -2.40. The van der Waals surface area contributed by atoms with Crippen LogP contribution >= 0.6 is 11.8 Å². The van der Waals surface area contributed by atoms with Gasteiger partial charge in [-0.05, 0) is 49.1 Å². The topological polar surface area (TPSA) is 92.2 Å². The average molecular weight is 591 g/mol. The van der Waals surface area contributed by atoms with Gasteiger partial charge in [0, 0.05) is 63.4 Å². The van der Waals surface area contributed by atoms with Crippen LogP contribution in [0, 0.1) is 11.8 Å². The summed E-state index contributed by atoms with van der Waals surface area (Å²) in [5.41, 5.74) is -2.39. The van der Waals surface area contributed by atoms with Gasteiger partial charge in [0.15, 0.2) is 5.65 Å². The number of carbonyl (C=O) groups is 1. The molecule has 9 nitrogen and oxygen atoms in total. The number of hydrogen-bond acceptors (Lipinski definition) is 8. The van der Waals surface area contributed by atoms with Crippen LogP contribution in [-0.2, 0) is 4.74 Å². The maximum absolute atomic E-state index is 13.5. The fourth-order valence-corrected chi connectivity index (χ4v) is 5.24. The average Bonchev–Trinajstić information content (AvgIpc) is 3.31. The van der Waals surface area contributed by atoms with Crippen molar-refractivity contribution >= 4 is 34.7 Å². The molecule has 1 saturated heterocycles. The maximum Gasteiger partial charge on any atom is 0.447 e. The van der Waals surface area contributed by atoms with Gasteiger partial charge in [-0.2, -0.15) is 13.2 Å². The zero-order chi connectivity index (χ0) is 29.4. The third kappa shape index (κ3) is 8.00. The van der Waals surface area contributed by atoms with Crippen molar-refractivity contribution in [2.24, 2.45) is 0 Å². The van der Waals surface area contributed by atoms with Gasteiger partial charge in [0.1, 0.15) is 16.5 Å². The Bertz CT molecular complexity index is 1410. The van der Waals surface area contributed by atoms with E-state index < -0.39 is 5.51 Å². The minimum atomic E-state index is -4.51. The van der Waals surface area contributed by atoms with E-state index in [9.17, 15) is 18.0 Å². The van der Waals surface area contributed by atoms with Crippen LogP contribution in [0.3, 0.4) is 0 Å². The normalized spacial score (nSPS) is 14.4. The Kier molecular flexibility index (Phi) is 10.3. The first-order valence-electron chi connectivity index (χ1n) is 13.1. The second kappa shape index (κ2) is 13.8. The molecular weight excluding hydrogens is 557 g/mol. The van der Waals surface area contributed by atoms with Crippen LogP contribution in [0.15, 0.2) is 41.6 Å². The number of methoxy groups -OCH3 is 2. The van der Waals surface area contributed by atoms with Gasteiger partial charge in [-0.3, -0.25) is 9.20 Å². The fourth-order valence-electron chi connectivity index (χ4n) is 4.58. The maximum atomic E-state index is 13.5. The van der Waals surface area contributed by atoms with E-state index in [1.807, 2.05) is 6.07 Å². The molecule has 1 aliphatic heterocycles. The lowest BCUT2D eigenvalue weighted by atomic mass is 10.0. The number of halogens is 3. The first-order valence-corrected chi connectivity index (χ1v) is 13.9. The van der Waals surface area contributed by atoms with E-state index in [0.29, 0.717) is 34.9 Å². The molecule has 0 atom stereocenters. The first-order chi connectivity index (χ1) is 19.7. The number of thioether (sulfide) groups is 1. The monoisotopic (exact) mass is 590 g/mol. The van der Waals surface area contributed by atoms with Crippen molar-refractivity contribution in [1.82, 2.24) is 19.6 Å². The summed E-state index contributed by atoms with van der Waals surface area (Å²) in [6.45, 7) is 3.50. The largest absolute Gasteiger partial charge is 0.495 e. The molecule has 3 aromatic rings. The number of imidazole rings is 1. The van der Waals surface area contributed by atoms with Gasteiger partial charge in [-0.1, -0.05) is 5.92 Å². The van der Waals surface area contributed by atoms with Crippen molar-refractivity contribution in [3.05, 3.63) is 47.8 Å². The molecule has 3 heterocycles. The number of anilines is 2. The van der Waals surface area contributed by atoms with Crippen molar-refractivity contribution in [2.45, 2.75) is 29.4 Å². The molecule has 0 radical (unpaired) electrons. The third-order valence-electron chi connectivity index (χ3n) is 6.64. The van der Waals surface area contributed by atoms with E-state index in [1.165, 1.54) is 18.6 Å². The zero-order valence-corrected chi connectivity index (χ0v) is 23.9. The summed E-state index contributed by atoms with van der Waals surface area (Å²) >= 11 is -0.234. The Morgan fingerprint density at radius 1 is 1.20 bits per heavy atom. The molecular formula is C28H33F3N6O3S. The number of benzene rings is 1. The molecule has 0 bridgehead atoms. The molecule has 0 saturated carbocycles. The number of aromatic nitrogens is 2. The Labute approximate surface area is 241 Å². The molecule has 4 rings (SSSR count). The van der Waals surface area contributed by atoms with Crippen LogP contribution in [0.5, 0.6) is 5.75 Å². The van der Waals surface area contributed by atoms with E-state index >= 15 is 0 Å². The van der Waals surface area contributed by atoms with Crippen molar-refractivity contribution in [3.63, 3.8) is 0 Å². The highest BCUT2D eigenvalue weighted by Gasteiger charge is 2.33. The third-order valence-corrected chi connectivity index (χ3v) is 7.46. The number of amides is 1. The molecule has 41 heavy (non-hydrogen) atoms. The number of nitrogens with zero attached hydrogens (tertiary/aromatic N) is 3. The van der Waals surface area contributed by atoms with Crippen molar-refractivity contribution < 1.29 is 27.4 Å². The Morgan fingerprint density at radius 2 is 1.98 bits per heavy atom. The summed E-state index contributed by atoms with van der Waals surface area (Å²) in [5.74, 6) is 5.87. The van der Waals surface area contributed by atoms with Crippen LogP contribution in [0.2, 0.25) is 0 Å². The van der Waals surface area contributed by atoms with Crippen LogP contribution in [0.1, 0.15) is 28.9 Å². The summed E-state index contributed by atoms with van der Waals surface area (Å²) in [4.78, 5) is 18.7. The molecule has 220 valence electrons. The SMILES string of the molecule is CNC(=O)c1ccc(NCC#Cc2nc3c(NC4CCN(CCOC)CC4)cccn3c2SC(F)(F)F)c(OC)c1. The van der Waals surface area contributed by atoms with Crippen LogP contribution in [0.4, 0.5) is 24.5 Å². The summed E-state index contributed by atoms with van der Waals surface area (Å²) < 4.78 is 52.5. The smallest absolute Gasteiger partial charge is 0.447 e. The molecule has 1 fully saturated rings. The lowest BCUT2D eigenvalue weighted by molar-refractivity contribution is -0.0330. The number of nitrogens with one attached hydrogen (secondary N) is 3. The Morgan fingerprint density at radius 3 is 2.66 bits per heavy atom. The second-order valence-corrected chi connectivity index (χ2v) is 10.4. The van der Waals surface area contributed by atoms with Crippen LogP contribution < -0.4 is 20.7 Å². The van der Waals surface area contributed by atoms with E-state index in [1.54, 1.807) is 37.6 Å². The highest BCUT2D eigenvalue weighted by atomic mass is 32.2. The van der Waals surface area contributed by atoms with Crippen LogP contribution in [0.25, 0.3) is 5.65 Å². The molecule has 0 spiro atoms. The van der Waals surface area contributed by atoms with Gasteiger partial charge in [0.05, 0.1) is 31.6 Å². The van der Waals surface area contributed by atoms with Gasteiger partial charge in [0.25, 0.3) is 5.91 Å². The zero-order valence-electron chi connectivity index (χ0n) is 23.1. The van der Waals surface area contributed by atoms with Crippen molar-refractivity contribution in [2.75, 3.05) is 64.7 Å². The summed E-state index contributed by atoms with van der Waals surface area (Å²) in [7, 11) is 4.70. The standard InChI is InChI=1S/C28H33F3N6O3S/c1-32-26(38)19-8-9-21(24(18-19)40-3)33-12-4-6-23-27(41-28(29,30)31)37-13-5-7-22(25(37)35-23)34-20-10-14-36(15-11-20)16-17-39-2/h5,7-9,13,18,20,33-34H,10-12,14-17H2,1-3H3,(H,32,38). The number of ether oxygens (including phenoxy) is 2. The van der Waals surface area contributed by atoms with Gasteiger partial charge < -0.3 is 30.3 Å². The number of likely N-dealkylation sites (tertiary alicyclic amines) is 1. The van der Waals surface area contributed by atoms with E-state index in [-0.39, 0.29) is 41.0 Å². The minimum absolute atomic E-state index is 0.0414. The minimum Gasteiger partial charge on any atom is -0.495 e. The van der Waals surface area contributed by atoms with Gasteiger partial charge in [0.2, 0.25) is 0 Å². The molecule has 0 aliphatic carbocycles. The quantitative estimate of drug-likeness (QED) is 0.238. The number of carbonyl (C=O) groups excluding carboxylic acids is 1. The van der Waals surface area contributed by atoms with Gasteiger partial charge in [-0.15, -0.1) is 0 Å². The second-order valence-electron chi connectivity index (χ2n) is 9.33. The predicted molar refractivity (Wildman–Crippen MR) is 154 cm³/mol. The summed E-state index contributed by atoms with van der Waals surface area (Å²) in [6.07, 6.45) is 3.38. The fraction of sp³-hybridized carbons (Fsp3) is 0.429. The van der Waals surface area contributed by atoms with Gasteiger partial charge >= 0.3 is 5.51 Å². The molecule has 13 heteroatoms. The van der Waals surface area contributed by atoms with E-state index in [4.69, 9.17) is 9.47 Å². The number of fused-ring (bicyclic) bond motifs is 1. The highest BCUT2D eigenvalue weighted by molar-refractivity contribution is 8.00. The molecule has 1 amide bonds. The number of pyridine rings is 1. The Hall–Kier alpha value is -3.60. The van der Waals surface area contributed by atoms with E-state index in [0.717, 1.165) is 32.5 Å². The lowest BCUT2D eigenvalue weighted by Gasteiger charge is -2.32. The molecule has 2 aromatic heterocycles. The number of hydrogen-bond donors (Lipinski definition) is 3. The van der Waals surface area contributed by atoms with Gasteiger partial charge in [-0.25, -0.2) is 4.98 Å². The number of piperidine rings is 1. The molecule has 3 N–H and O–H groups in total. The summed E-state index contributed by atoms with van der Waals surface area (Å²) in [5, 5.41) is 9.03. The van der Waals surface area contributed by atoms with E-state index in [2.05, 4.69) is 37.7 Å². The Balaban J connectivity index is 1.53. The molecule has 0 unspecified atom stereocenters. The highest BCUT2D eigenvalue weighted by Crippen LogP contribution is 2.39. The molecule has 1 aliphatic rings. The van der Waals surface area contributed by atoms with Crippen molar-refractivity contribution in [1.29, 1.82) is 0 Å².